The van der Waals surface area contributed by atoms with Gasteiger partial charge in [0.15, 0.2) is 0 Å². The Balaban J connectivity index is 2.78. The van der Waals surface area contributed by atoms with Crippen molar-refractivity contribution in [1.82, 2.24) is 4.90 Å². The third-order valence-corrected chi connectivity index (χ3v) is 2.24. The van der Waals surface area contributed by atoms with Crippen LogP contribution < -0.4 is 5.32 Å². The van der Waals surface area contributed by atoms with E-state index in [1.807, 2.05) is 13.0 Å². The zero-order valence-corrected chi connectivity index (χ0v) is 9.22. The number of benzene rings is 1. The van der Waals surface area contributed by atoms with Crippen LogP contribution in [0.15, 0.2) is 18.2 Å². The van der Waals surface area contributed by atoms with E-state index < -0.39 is 0 Å². The van der Waals surface area contributed by atoms with Gasteiger partial charge in [0, 0.05) is 24.8 Å². The molecule has 0 heterocycles. The molecule has 0 fully saturated rings. The van der Waals surface area contributed by atoms with Crippen LogP contribution in [0.25, 0.3) is 0 Å². The zero-order valence-electron chi connectivity index (χ0n) is 8.47. The lowest BCUT2D eigenvalue weighted by atomic mass is 10.2. The number of hydrogen-bond acceptors (Lipinski definition) is 1. The highest BCUT2D eigenvalue weighted by Gasteiger charge is 2.04. The van der Waals surface area contributed by atoms with Crippen LogP contribution in [0.3, 0.4) is 0 Å². The number of urea groups is 1. The summed E-state index contributed by atoms with van der Waals surface area (Å²) in [5.74, 6) is 0. The molecule has 1 N–H and O–H groups in total. The van der Waals surface area contributed by atoms with Gasteiger partial charge in [0.2, 0.25) is 0 Å². The van der Waals surface area contributed by atoms with Gasteiger partial charge in [-0.2, -0.15) is 0 Å². The summed E-state index contributed by atoms with van der Waals surface area (Å²) in [6, 6.07) is 5.23. The highest BCUT2D eigenvalue weighted by Crippen LogP contribution is 2.19. The first-order chi connectivity index (χ1) is 6.50. The van der Waals surface area contributed by atoms with Crippen LogP contribution in [0.5, 0.6) is 0 Å². The number of carbonyl (C=O) groups excluding carboxylic acids is 1. The monoisotopic (exact) mass is 212 g/mol. The summed E-state index contributed by atoms with van der Waals surface area (Å²) in [4.78, 5) is 12.8. The SMILES string of the molecule is Cc1cc(NC(=O)N(C)C)ccc1Cl. The van der Waals surface area contributed by atoms with Gasteiger partial charge in [0.05, 0.1) is 0 Å². The van der Waals surface area contributed by atoms with E-state index in [0.29, 0.717) is 5.02 Å². The molecule has 0 atom stereocenters. The fourth-order valence-electron chi connectivity index (χ4n) is 0.958. The molecule has 4 heteroatoms. The maximum Gasteiger partial charge on any atom is 0.321 e. The first kappa shape index (κ1) is 10.9. The molecule has 1 rings (SSSR count). The Labute approximate surface area is 88.7 Å². The molecule has 0 radical (unpaired) electrons. The van der Waals surface area contributed by atoms with E-state index in [0.717, 1.165) is 11.3 Å². The molecule has 0 saturated carbocycles. The van der Waals surface area contributed by atoms with E-state index >= 15 is 0 Å². The molecular weight excluding hydrogens is 200 g/mol. The van der Waals surface area contributed by atoms with Gasteiger partial charge in [0.25, 0.3) is 0 Å². The van der Waals surface area contributed by atoms with Gasteiger partial charge in [-0.25, -0.2) is 4.79 Å². The molecule has 0 saturated heterocycles. The summed E-state index contributed by atoms with van der Waals surface area (Å²) in [6.07, 6.45) is 0. The van der Waals surface area contributed by atoms with E-state index in [4.69, 9.17) is 11.6 Å². The van der Waals surface area contributed by atoms with Crippen molar-refractivity contribution in [2.45, 2.75) is 6.92 Å². The van der Waals surface area contributed by atoms with Crippen molar-refractivity contribution in [1.29, 1.82) is 0 Å². The molecule has 1 aromatic rings. The van der Waals surface area contributed by atoms with Crippen LogP contribution in [-0.4, -0.2) is 25.0 Å². The maximum absolute atomic E-state index is 11.3. The molecule has 76 valence electrons. The Hall–Kier alpha value is -1.22. The molecule has 0 spiro atoms. The molecule has 2 amide bonds. The molecule has 0 bridgehead atoms. The second-order valence-corrected chi connectivity index (χ2v) is 3.70. The summed E-state index contributed by atoms with van der Waals surface area (Å²) in [5.41, 5.74) is 1.70. The number of amides is 2. The van der Waals surface area contributed by atoms with Gasteiger partial charge in [0.1, 0.15) is 0 Å². The van der Waals surface area contributed by atoms with Crippen LogP contribution in [0.4, 0.5) is 10.5 Å². The molecule has 0 aliphatic rings. The number of carbonyl (C=O) groups is 1. The summed E-state index contributed by atoms with van der Waals surface area (Å²) >= 11 is 5.86. The Morgan fingerprint density at radius 1 is 1.43 bits per heavy atom. The third kappa shape index (κ3) is 2.64. The first-order valence-corrected chi connectivity index (χ1v) is 4.63. The molecule has 0 aliphatic heterocycles. The second kappa shape index (κ2) is 4.33. The van der Waals surface area contributed by atoms with E-state index in [-0.39, 0.29) is 6.03 Å². The van der Waals surface area contributed by atoms with Crippen LogP contribution in [-0.2, 0) is 0 Å². The third-order valence-electron chi connectivity index (χ3n) is 1.82. The number of halogens is 1. The van der Waals surface area contributed by atoms with Gasteiger partial charge < -0.3 is 10.2 Å². The van der Waals surface area contributed by atoms with Crippen LogP contribution >= 0.6 is 11.6 Å². The van der Waals surface area contributed by atoms with Gasteiger partial charge in [-0.1, -0.05) is 11.6 Å². The van der Waals surface area contributed by atoms with Gasteiger partial charge in [-0.05, 0) is 30.7 Å². The molecule has 0 aromatic heterocycles. The summed E-state index contributed by atoms with van der Waals surface area (Å²) in [5, 5.41) is 3.44. The predicted molar refractivity (Wildman–Crippen MR) is 58.9 cm³/mol. The largest absolute Gasteiger partial charge is 0.331 e. The van der Waals surface area contributed by atoms with Crippen molar-refractivity contribution < 1.29 is 4.79 Å². The van der Waals surface area contributed by atoms with Crippen molar-refractivity contribution in [3.05, 3.63) is 28.8 Å². The smallest absolute Gasteiger partial charge is 0.321 e. The lowest BCUT2D eigenvalue weighted by Crippen LogP contribution is -2.27. The maximum atomic E-state index is 11.3. The Morgan fingerprint density at radius 2 is 2.07 bits per heavy atom. The average Bonchev–Trinajstić information content (AvgIpc) is 2.11. The number of nitrogens with one attached hydrogen (secondary N) is 1. The van der Waals surface area contributed by atoms with Gasteiger partial charge >= 0.3 is 6.03 Å². The highest BCUT2D eigenvalue weighted by molar-refractivity contribution is 6.31. The molecule has 3 nitrogen and oxygen atoms in total. The minimum Gasteiger partial charge on any atom is -0.331 e. The molecule has 1 aromatic carbocycles. The number of rotatable bonds is 1. The predicted octanol–water partition coefficient (Wildman–Crippen LogP) is 2.74. The Morgan fingerprint density at radius 3 is 2.57 bits per heavy atom. The summed E-state index contributed by atoms with van der Waals surface area (Å²) in [6.45, 7) is 1.90. The molecular formula is C10H13ClN2O. The highest BCUT2D eigenvalue weighted by atomic mass is 35.5. The van der Waals surface area contributed by atoms with Gasteiger partial charge in [-0.15, -0.1) is 0 Å². The van der Waals surface area contributed by atoms with E-state index in [1.165, 1.54) is 4.90 Å². The fourth-order valence-corrected chi connectivity index (χ4v) is 1.08. The topological polar surface area (TPSA) is 32.3 Å². The average molecular weight is 213 g/mol. The normalized spacial score (nSPS) is 9.71. The van der Waals surface area contributed by atoms with Crippen molar-refractivity contribution in [3.63, 3.8) is 0 Å². The number of anilines is 1. The molecule has 14 heavy (non-hydrogen) atoms. The van der Waals surface area contributed by atoms with Crippen LogP contribution in [0.1, 0.15) is 5.56 Å². The summed E-state index contributed by atoms with van der Waals surface area (Å²) < 4.78 is 0. The van der Waals surface area contributed by atoms with Crippen LogP contribution in [0.2, 0.25) is 5.02 Å². The van der Waals surface area contributed by atoms with Crippen molar-refractivity contribution in [3.8, 4) is 0 Å². The second-order valence-electron chi connectivity index (χ2n) is 3.29. The van der Waals surface area contributed by atoms with Crippen LogP contribution in [0, 0.1) is 6.92 Å². The minimum atomic E-state index is -0.147. The Bertz CT molecular complexity index is 350. The number of aryl methyl sites for hydroxylation is 1. The molecule has 0 unspecified atom stereocenters. The fraction of sp³-hybridized carbons (Fsp3) is 0.300. The van der Waals surface area contributed by atoms with Crippen molar-refractivity contribution >= 4 is 23.3 Å². The minimum absolute atomic E-state index is 0.147. The summed E-state index contributed by atoms with van der Waals surface area (Å²) in [7, 11) is 3.39. The molecule has 0 aliphatic carbocycles. The lowest BCUT2D eigenvalue weighted by Gasteiger charge is -2.12. The van der Waals surface area contributed by atoms with E-state index in [9.17, 15) is 4.79 Å². The van der Waals surface area contributed by atoms with Crippen molar-refractivity contribution in [2.75, 3.05) is 19.4 Å². The lowest BCUT2D eigenvalue weighted by molar-refractivity contribution is 0.230. The number of nitrogens with zero attached hydrogens (tertiary/aromatic N) is 1. The first-order valence-electron chi connectivity index (χ1n) is 4.25. The van der Waals surface area contributed by atoms with E-state index in [1.54, 1.807) is 26.2 Å². The standard InChI is InChI=1S/C10H13ClN2O/c1-7-6-8(4-5-9(7)11)12-10(14)13(2)3/h4-6H,1-3H3,(H,12,14). The van der Waals surface area contributed by atoms with Gasteiger partial charge in [-0.3, -0.25) is 0 Å². The van der Waals surface area contributed by atoms with Crippen molar-refractivity contribution in [2.24, 2.45) is 0 Å². The Kier molecular flexibility index (Phi) is 3.36. The van der Waals surface area contributed by atoms with E-state index in [2.05, 4.69) is 5.32 Å². The number of hydrogen-bond donors (Lipinski definition) is 1. The quantitative estimate of drug-likeness (QED) is 0.763. The zero-order chi connectivity index (χ0) is 10.7.